The summed E-state index contributed by atoms with van der Waals surface area (Å²) in [5.41, 5.74) is 2.29. The maximum absolute atomic E-state index is 3.22. The largest absolute Gasteiger partial charge is 0.388 e. The molecule has 0 bridgehead atoms. The molecule has 5 aromatic carbocycles. The second-order valence-corrected chi connectivity index (χ2v) is 6.76. The summed E-state index contributed by atoms with van der Waals surface area (Å²) in [7, 11) is 3.92. The second kappa shape index (κ2) is 5.63. The van der Waals surface area contributed by atoms with E-state index in [0.29, 0.717) is 0 Å². The molecule has 0 atom stereocenters. The fourth-order valence-corrected chi connectivity index (χ4v) is 4.01. The highest BCUT2D eigenvalue weighted by atomic mass is 14.8. The summed E-state index contributed by atoms with van der Waals surface area (Å²) in [5.74, 6) is 0. The van der Waals surface area contributed by atoms with Crippen LogP contribution in [0.25, 0.3) is 43.1 Å². The molecule has 2 nitrogen and oxygen atoms in total. The molecule has 5 aromatic rings. The van der Waals surface area contributed by atoms with Crippen LogP contribution in [0.4, 0.5) is 11.4 Å². The first kappa shape index (κ1) is 15.0. The van der Waals surface area contributed by atoms with E-state index in [1.165, 1.54) is 43.1 Å². The van der Waals surface area contributed by atoms with Gasteiger partial charge in [0.25, 0.3) is 0 Å². The predicted molar refractivity (Wildman–Crippen MR) is 116 cm³/mol. The molecule has 26 heavy (non-hydrogen) atoms. The fraction of sp³-hybridized carbons (Fsp3) is 0.0833. The zero-order valence-corrected chi connectivity index (χ0v) is 14.9. The maximum atomic E-state index is 3.22. The summed E-state index contributed by atoms with van der Waals surface area (Å²) in [6.45, 7) is 0. The van der Waals surface area contributed by atoms with Gasteiger partial charge in [0.05, 0.1) is 0 Å². The zero-order chi connectivity index (χ0) is 17.7. The number of hydrogen-bond acceptors (Lipinski definition) is 2. The number of hydrogen-bond donors (Lipinski definition) is 2. The van der Waals surface area contributed by atoms with E-state index in [1.807, 2.05) is 14.1 Å². The van der Waals surface area contributed by atoms with Gasteiger partial charge >= 0.3 is 0 Å². The molecule has 0 unspecified atom stereocenters. The number of rotatable bonds is 2. The van der Waals surface area contributed by atoms with E-state index in [2.05, 4.69) is 83.4 Å². The van der Waals surface area contributed by atoms with Gasteiger partial charge in [-0.2, -0.15) is 0 Å². The molecule has 126 valence electrons. The Bertz CT molecular complexity index is 1200. The minimum absolute atomic E-state index is 1.14. The van der Waals surface area contributed by atoms with Gasteiger partial charge in [-0.1, -0.05) is 48.5 Å². The quantitative estimate of drug-likeness (QED) is 0.365. The SMILES string of the molecule is CNc1ccc2c(ccc3c2ccc2c4ccc(NC)cc4ccc23)c1. The van der Waals surface area contributed by atoms with Gasteiger partial charge < -0.3 is 10.6 Å². The molecule has 0 radical (unpaired) electrons. The molecule has 0 aliphatic carbocycles. The molecule has 0 aliphatic heterocycles. The van der Waals surface area contributed by atoms with Crippen LogP contribution < -0.4 is 10.6 Å². The van der Waals surface area contributed by atoms with Crippen LogP contribution >= 0.6 is 0 Å². The van der Waals surface area contributed by atoms with Crippen LogP contribution in [0.5, 0.6) is 0 Å². The van der Waals surface area contributed by atoms with Gasteiger partial charge in [-0.05, 0) is 67.4 Å². The Hall–Kier alpha value is -3.26. The van der Waals surface area contributed by atoms with Crippen molar-refractivity contribution in [3.63, 3.8) is 0 Å². The van der Waals surface area contributed by atoms with Crippen LogP contribution in [0, 0.1) is 0 Å². The lowest BCUT2D eigenvalue weighted by atomic mass is 9.94. The third-order valence-corrected chi connectivity index (χ3v) is 5.41. The van der Waals surface area contributed by atoms with Crippen molar-refractivity contribution >= 4 is 54.5 Å². The van der Waals surface area contributed by atoms with Gasteiger partial charge in [-0.15, -0.1) is 0 Å². The van der Waals surface area contributed by atoms with Crippen molar-refractivity contribution in [1.82, 2.24) is 0 Å². The van der Waals surface area contributed by atoms with Crippen molar-refractivity contribution in [3.05, 3.63) is 72.8 Å². The first-order chi connectivity index (χ1) is 12.8. The Labute approximate surface area is 152 Å². The second-order valence-electron chi connectivity index (χ2n) is 6.76. The molecule has 0 aliphatic rings. The van der Waals surface area contributed by atoms with E-state index in [9.17, 15) is 0 Å². The van der Waals surface area contributed by atoms with Gasteiger partial charge in [0.1, 0.15) is 0 Å². The Morgan fingerprint density at radius 2 is 0.769 bits per heavy atom. The average Bonchev–Trinajstić information content (AvgIpc) is 2.71. The van der Waals surface area contributed by atoms with E-state index in [-0.39, 0.29) is 0 Å². The molecule has 2 heteroatoms. The lowest BCUT2D eigenvalue weighted by Gasteiger charge is -2.11. The van der Waals surface area contributed by atoms with E-state index in [4.69, 9.17) is 0 Å². The van der Waals surface area contributed by atoms with Gasteiger partial charge in [0.2, 0.25) is 0 Å². The molecule has 0 amide bonds. The standard InChI is InChI=1S/C24H20N2/c1-25-17-5-9-19-15(13-17)3-7-23-21(19)11-12-22-20-10-6-18(26-2)14-16(20)4-8-24(22)23/h3-14,25-26H,1-2H3. The summed E-state index contributed by atoms with van der Waals surface area (Å²) in [4.78, 5) is 0. The molecule has 0 fully saturated rings. The normalized spacial score (nSPS) is 11.5. The minimum Gasteiger partial charge on any atom is -0.388 e. The van der Waals surface area contributed by atoms with Crippen molar-refractivity contribution in [3.8, 4) is 0 Å². The molecule has 0 saturated carbocycles. The Morgan fingerprint density at radius 1 is 0.423 bits per heavy atom. The van der Waals surface area contributed by atoms with Gasteiger partial charge in [0, 0.05) is 25.5 Å². The van der Waals surface area contributed by atoms with E-state index in [1.54, 1.807) is 0 Å². The number of nitrogens with one attached hydrogen (secondary N) is 2. The van der Waals surface area contributed by atoms with Crippen molar-refractivity contribution in [2.24, 2.45) is 0 Å². The van der Waals surface area contributed by atoms with Crippen molar-refractivity contribution in [1.29, 1.82) is 0 Å². The highest BCUT2D eigenvalue weighted by molar-refractivity contribution is 6.22. The van der Waals surface area contributed by atoms with Crippen LogP contribution in [0.3, 0.4) is 0 Å². The summed E-state index contributed by atoms with van der Waals surface area (Å²) in [6.07, 6.45) is 0. The van der Waals surface area contributed by atoms with E-state index >= 15 is 0 Å². The van der Waals surface area contributed by atoms with Gasteiger partial charge in [-0.25, -0.2) is 0 Å². The molecule has 0 saturated heterocycles. The molecular formula is C24H20N2. The highest BCUT2D eigenvalue weighted by Crippen LogP contribution is 2.35. The van der Waals surface area contributed by atoms with Crippen molar-refractivity contribution in [2.45, 2.75) is 0 Å². The Kier molecular flexibility index (Phi) is 3.26. The van der Waals surface area contributed by atoms with Crippen LogP contribution in [-0.2, 0) is 0 Å². The van der Waals surface area contributed by atoms with E-state index in [0.717, 1.165) is 11.4 Å². The molecule has 0 heterocycles. The summed E-state index contributed by atoms with van der Waals surface area (Å²) in [6, 6.07) is 26.6. The summed E-state index contributed by atoms with van der Waals surface area (Å²) >= 11 is 0. The molecule has 5 rings (SSSR count). The lowest BCUT2D eigenvalue weighted by Crippen LogP contribution is -1.89. The average molecular weight is 336 g/mol. The highest BCUT2D eigenvalue weighted by Gasteiger charge is 2.08. The van der Waals surface area contributed by atoms with Crippen LogP contribution in [0.2, 0.25) is 0 Å². The monoisotopic (exact) mass is 336 g/mol. The predicted octanol–water partition coefficient (Wildman–Crippen LogP) is 6.38. The summed E-state index contributed by atoms with van der Waals surface area (Å²) in [5, 5.41) is 16.8. The smallest absolute Gasteiger partial charge is 0.0344 e. The minimum atomic E-state index is 1.14. The first-order valence-corrected chi connectivity index (χ1v) is 8.96. The van der Waals surface area contributed by atoms with Crippen molar-refractivity contribution < 1.29 is 0 Å². The lowest BCUT2D eigenvalue weighted by molar-refractivity contribution is 1.53. The van der Waals surface area contributed by atoms with Gasteiger partial charge in [0.15, 0.2) is 0 Å². The fourth-order valence-electron chi connectivity index (χ4n) is 4.01. The molecule has 0 spiro atoms. The molecular weight excluding hydrogens is 316 g/mol. The molecule has 0 aromatic heterocycles. The van der Waals surface area contributed by atoms with Crippen molar-refractivity contribution in [2.75, 3.05) is 24.7 Å². The maximum Gasteiger partial charge on any atom is 0.0344 e. The number of anilines is 2. The Balaban J connectivity index is 1.87. The number of fused-ring (bicyclic) bond motifs is 7. The van der Waals surface area contributed by atoms with Gasteiger partial charge in [-0.3, -0.25) is 0 Å². The number of benzene rings is 5. The van der Waals surface area contributed by atoms with Crippen LogP contribution in [0.15, 0.2) is 72.8 Å². The topological polar surface area (TPSA) is 24.1 Å². The Morgan fingerprint density at radius 3 is 1.19 bits per heavy atom. The first-order valence-electron chi connectivity index (χ1n) is 8.96. The summed E-state index contributed by atoms with van der Waals surface area (Å²) < 4.78 is 0. The van der Waals surface area contributed by atoms with E-state index < -0.39 is 0 Å². The zero-order valence-electron chi connectivity index (χ0n) is 14.9. The van der Waals surface area contributed by atoms with Crippen LogP contribution in [-0.4, -0.2) is 14.1 Å². The van der Waals surface area contributed by atoms with Crippen LogP contribution in [0.1, 0.15) is 0 Å². The third kappa shape index (κ3) is 2.12. The third-order valence-electron chi connectivity index (χ3n) is 5.41. The molecule has 2 N–H and O–H groups in total.